The van der Waals surface area contributed by atoms with Crippen molar-refractivity contribution in [2.24, 2.45) is 5.73 Å². The zero-order chi connectivity index (χ0) is 24.9. The first-order chi connectivity index (χ1) is 16.5. The Morgan fingerprint density at radius 3 is 1.88 bits per heavy atom. The molecule has 9 heteroatoms. The van der Waals surface area contributed by atoms with E-state index in [9.17, 15) is 0 Å². The van der Waals surface area contributed by atoms with Crippen LogP contribution in [0.25, 0.3) is 10.6 Å². The fourth-order valence-electron chi connectivity index (χ4n) is 2.89. The Kier molecular flexibility index (Phi) is 11.9. The van der Waals surface area contributed by atoms with Crippen molar-refractivity contribution in [2.45, 2.75) is 33.6 Å². The van der Waals surface area contributed by atoms with Gasteiger partial charge in [-0.1, -0.05) is 12.2 Å². The van der Waals surface area contributed by atoms with Gasteiger partial charge < -0.3 is 24.7 Å². The number of ether oxygens (including phenoxy) is 4. The highest BCUT2D eigenvalue weighted by Crippen LogP contribution is 2.34. The van der Waals surface area contributed by atoms with Gasteiger partial charge in [0.25, 0.3) is 0 Å². The average Bonchev–Trinajstić information content (AvgIpc) is 3.32. The molecule has 0 spiro atoms. The van der Waals surface area contributed by atoms with E-state index >= 15 is 0 Å². The minimum atomic E-state index is 0.360. The van der Waals surface area contributed by atoms with E-state index in [0.29, 0.717) is 43.0 Å². The maximum Gasteiger partial charge on any atom is 0.161 e. The summed E-state index contributed by atoms with van der Waals surface area (Å²) >= 11 is 12.3. The number of thiocarbonyl (C=S) groups is 1. The van der Waals surface area contributed by atoms with Gasteiger partial charge in [-0.15, -0.1) is 22.9 Å². The predicted octanol–water partition coefficient (Wildman–Crippen LogP) is 6.46. The van der Waals surface area contributed by atoms with Gasteiger partial charge >= 0.3 is 0 Å². The Balaban J connectivity index is 0.000000248. The van der Waals surface area contributed by atoms with E-state index in [1.807, 2.05) is 63.4 Å². The molecular weight excluding hydrogens is 492 g/mol. The van der Waals surface area contributed by atoms with Gasteiger partial charge in [0.15, 0.2) is 23.0 Å². The van der Waals surface area contributed by atoms with Gasteiger partial charge in [-0.3, -0.25) is 0 Å². The minimum Gasteiger partial charge on any atom is -0.490 e. The molecule has 1 aromatic heterocycles. The Morgan fingerprint density at radius 2 is 1.38 bits per heavy atom. The first-order valence-corrected chi connectivity index (χ1v) is 12.9. The summed E-state index contributed by atoms with van der Waals surface area (Å²) in [7, 11) is 0. The molecule has 6 nitrogen and oxygen atoms in total. The molecule has 0 saturated heterocycles. The number of hydrogen-bond acceptors (Lipinski definition) is 7. The molecule has 34 heavy (non-hydrogen) atoms. The number of nitrogens with two attached hydrogens (primary N) is 1. The fourth-order valence-corrected chi connectivity index (χ4v) is 4.06. The van der Waals surface area contributed by atoms with Crippen molar-refractivity contribution in [3.63, 3.8) is 0 Å². The standard InChI is InChI=1S/C14H16ClNO2S.C11H15NO2S/c1-3-17-12-6-5-10(7-13(12)18-4-2)14-16-11(8-15)9-19-14;1-3-13-9-6-5-8(11(12)15)7-10(9)14-4-2/h5-7,9H,3-4,8H2,1-2H3;5-7H,3-4H2,1-2H3,(H2,12,15). The van der Waals surface area contributed by atoms with Crippen molar-refractivity contribution < 1.29 is 18.9 Å². The van der Waals surface area contributed by atoms with Gasteiger partial charge in [0.05, 0.1) is 38.0 Å². The predicted molar refractivity (Wildman–Crippen MR) is 144 cm³/mol. The number of alkyl halides is 1. The van der Waals surface area contributed by atoms with Crippen LogP contribution < -0.4 is 24.7 Å². The Bertz CT molecular complexity index is 1060. The van der Waals surface area contributed by atoms with Crippen LogP contribution in [0.3, 0.4) is 0 Å². The van der Waals surface area contributed by atoms with Crippen LogP contribution >= 0.6 is 35.2 Å². The number of hydrogen-bond donors (Lipinski definition) is 1. The van der Waals surface area contributed by atoms with Gasteiger partial charge in [0.2, 0.25) is 0 Å². The molecule has 0 bridgehead atoms. The highest BCUT2D eigenvalue weighted by molar-refractivity contribution is 7.80. The van der Waals surface area contributed by atoms with Crippen molar-refractivity contribution in [1.82, 2.24) is 4.98 Å². The second kappa shape index (κ2) is 14.7. The largest absolute Gasteiger partial charge is 0.490 e. The van der Waals surface area contributed by atoms with Gasteiger partial charge in [0, 0.05) is 16.5 Å². The van der Waals surface area contributed by atoms with Gasteiger partial charge in [0.1, 0.15) is 10.00 Å². The quantitative estimate of drug-likeness (QED) is 0.228. The average molecular weight is 523 g/mol. The molecule has 3 rings (SSSR count). The van der Waals surface area contributed by atoms with Crippen molar-refractivity contribution >= 4 is 40.1 Å². The van der Waals surface area contributed by atoms with Crippen LogP contribution in [0.4, 0.5) is 0 Å². The van der Waals surface area contributed by atoms with Gasteiger partial charge in [-0.2, -0.15) is 0 Å². The smallest absolute Gasteiger partial charge is 0.161 e. The zero-order valence-electron chi connectivity index (χ0n) is 19.9. The van der Waals surface area contributed by atoms with Crippen LogP contribution in [0.2, 0.25) is 0 Å². The molecule has 0 saturated carbocycles. The summed E-state index contributed by atoms with van der Waals surface area (Å²) in [5.41, 5.74) is 8.25. The summed E-state index contributed by atoms with van der Waals surface area (Å²) in [5, 5.41) is 2.92. The lowest BCUT2D eigenvalue weighted by Crippen LogP contribution is -2.10. The van der Waals surface area contributed by atoms with Crippen molar-refractivity contribution in [1.29, 1.82) is 0 Å². The van der Waals surface area contributed by atoms with Crippen LogP contribution in [0.15, 0.2) is 41.8 Å². The van der Waals surface area contributed by atoms with Crippen LogP contribution in [0.5, 0.6) is 23.0 Å². The molecule has 0 unspecified atom stereocenters. The van der Waals surface area contributed by atoms with Gasteiger partial charge in [-0.25, -0.2) is 4.98 Å². The molecule has 0 atom stereocenters. The lowest BCUT2D eigenvalue weighted by atomic mass is 10.2. The zero-order valence-corrected chi connectivity index (χ0v) is 22.3. The van der Waals surface area contributed by atoms with Crippen LogP contribution in [-0.2, 0) is 5.88 Å². The number of rotatable bonds is 11. The molecule has 2 N–H and O–H groups in total. The number of benzene rings is 2. The molecule has 184 valence electrons. The molecule has 2 aromatic carbocycles. The van der Waals surface area contributed by atoms with E-state index in [2.05, 4.69) is 4.98 Å². The molecule has 0 aliphatic heterocycles. The SMILES string of the molecule is CCOc1ccc(-c2nc(CCl)cs2)cc1OCC.CCOc1ccc(C(N)=S)cc1OCC. The van der Waals surface area contributed by atoms with Crippen LogP contribution in [-0.4, -0.2) is 36.4 Å². The number of thiazole rings is 1. The third-order valence-electron chi connectivity index (χ3n) is 4.31. The van der Waals surface area contributed by atoms with Crippen LogP contribution in [0.1, 0.15) is 39.0 Å². The first kappa shape index (κ1) is 27.7. The first-order valence-electron chi connectivity index (χ1n) is 11.1. The second-order valence-corrected chi connectivity index (χ2v) is 8.26. The third kappa shape index (κ3) is 8.04. The monoisotopic (exact) mass is 522 g/mol. The van der Waals surface area contributed by atoms with Crippen molar-refractivity contribution in [3.05, 3.63) is 53.0 Å². The number of halogens is 1. The lowest BCUT2D eigenvalue weighted by molar-refractivity contribution is 0.288. The van der Waals surface area contributed by atoms with E-state index < -0.39 is 0 Å². The maximum atomic E-state index is 5.77. The maximum absolute atomic E-state index is 5.77. The van der Waals surface area contributed by atoms with Crippen molar-refractivity contribution in [3.8, 4) is 33.6 Å². The molecule has 0 aliphatic carbocycles. The topological polar surface area (TPSA) is 75.8 Å². The number of nitrogens with zero attached hydrogens (tertiary/aromatic N) is 1. The van der Waals surface area contributed by atoms with E-state index in [0.717, 1.165) is 39.1 Å². The normalized spacial score (nSPS) is 10.1. The minimum absolute atomic E-state index is 0.360. The summed E-state index contributed by atoms with van der Waals surface area (Å²) in [4.78, 5) is 4.83. The molecule has 1 heterocycles. The van der Waals surface area contributed by atoms with E-state index in [1.165, 1.54) is 0 Å². The lowest BCUT2D eigenvalue weighted by Gasteiger charge is -2.11. The molecule has 0 fully saturated rings. The Morgan fingerprint density at radius 1 is 0.853 bits per heavy atom. The second-order valence-electron chi connectivity index (χ2n) is 6.70. The van der Waals surface area contributed by atoms with Gasteiger partial charge in [-0.05, 0) is 64.1 Å². The molecule has 0 radical (unpaired) electrons. The highest BCUT2D eigenvalue weighted by Gasteiger charge is 2.10. The van der Waals surface area contributed by atoms with Crippen molar-refractivity contribution in [2.75, 3.05) is 26.4 Å². The summed E-state index contributed by atoms with van der Waals surface area (Å²) in [6.45, 7) is 10.2. The number of aromatic nitrogens is 1. The summed E-state index contributed by atoms with van der Waals surface area (Å²) in [6.07, 6.45) is 0. The summed E-state index contributed by atoms with van der Waals surface area (Å²) < 4.78 is 22.0. The fraction of sp³-hybridized carbons (Fsp3) is 0.360. The summed E-state index contributed by atoms with van der Waals surface area (Å²) in [5.74, 6) is 3.36. The Hall–Kier alpha value is -2.55. The molecular formula is C25H31ClN2O4S2. The summed E-state index contributed by atoms with van der Waals surface area (Å²) in [6, 6.07) is 11.3. The highest BCUT2D eigenvalue weighted by atomic mass is 35.5. The third-order valence-corrected chi connectivity index (χ3v) is 5.76. The van der Waals surface area contributed by atoms with E-state index in [1.54, 1.807) is 17.4 Å². The Labute approximate surface area is 216 Å². The molecule has 0 aliphatic rings. The van der Waals surface area contributed by atoms with E-state index in [-0.39, 0.29) is 0 Å². The van der Waals surface area contributed by atoms with E-state index in [4.69, 9.17) is 48.5 Å². The molecule has 3 aromatic rings. The van der Waals surface area contributed by atoms with Crippen LogP contribution in [0, 0.1) is 0 Å². The molecule has 0 amide bonds.